The second kappa shape index (κ2) is 9.19. The largest absolute Gasteiger partial charge is 0.477 e. The topological polar surface area (TPSA) is 75.6 Å². The van der Waals surface area contributed by atoms with Crippen LogP contribution in [0.2, 0.25) is 0 Å². The maximum atomic E-state index is 6.06. The fourth-order valence-electron chi connectivity index (χ4n) is 5.33. The number of hydrogen-bond donors (Lipinski definition) is 1. The van der Waals surface area contributed by atoms with E-state index in [1.54, 1.807) is 11.3 Å². The normalized spacial score (nSPS) is 19.7. The summed E-state index contributed by atoms with van der Waals surface area (Å²) < 4.78 is 12.7. The maximum absolute atomic E-state index is 6.06. The first-order valence-electron chi connectivity index (χ1n) is 12.4. The van der Waals surface area contributed by atoms with Gasteiger partial charge in [-0.2, -0.15) is 4.98 Å². The molecule has 6 rings (SSSR count). The zero-order chi connectivity index (χ0) is 22.2. The van der Waals surface area contributed by atoms with Crippen LogP contribution in [0, 0.1) is 0 Å². The van der Waals surface area contributed by atoms with Crippen molar-refractivity contribution in [2.75, 3.05) is 68.9 Å². The fraction of sp³-hybridized carbons (Fsp3) is 0.625. The first-order chi connectivity index (χ1) is 16.3. The van der Waals surface area contributed by atoms with Gasteiger partial charge in [-0.05, 0) is 43.7 Å². The molecule has 0 spiro atoms. The molecule has 1 aliphatic carbocycles. The number of hydrogen-bond acceptors (Lipinski definition) is 9. The molecule has 0 radical (unpaired) electrons. The van der Waals surface area contributed by atoms with Gasteiger partial charge < -0.3 is 24.6 Å². The number of anilines is 2. The molecule has 3 aromatic rings. The number of pyridine rings is 1. The average molecular weight is 469 g/mol. The van der Waals surface area contributed by atoms with E-state index in [0.717, 1.165) is 86.3 Å². The molecule has 0 atom stereocenters. The van der Waals surface area contributed by atoms with E-state index in [-0.39, 0.29) is 0 Å². The molecule has 2 fully saturated rings. The molecule has 2 saturated heterocycles. The molecule has 33 heavy (non-hydrogen) atoms. The summed E-state index contributed by atoms with van der Waals surface area (Å²) in [7, 11) is 0. The SMILES string of the molecule is CCOc1nc(N2CCNCC2)nc2c1sc1nc(N3CCOCC3)c3c(c12)CCCCC3. The predicted molar refractivity (Wildman–Crippen MR) is 133 cm³/mol. The van der Waals surface area contributed by atoms with Crippen molar-refractivity contribution in [1.82, 2.24) is 20.3 Å². The Bertz CT molecular complexity index is 1150. The van der Waals surface area contributed by atoms with E-state index < -0.39 is 0 Å². The standard InChI is InChI=1S/C24H32N6O2S/c1-2-32-22-20-19(26-24(28-22)30-10-8-25-9-11-30)18-16-6-4-3-5-7-17(16)21(27-23(18)33-20)29-12-14-31-15-13-29/h25H,2-15H2,1H3. The Balaban J connectivity index is 1.58. The maximum Gasteiger partial charge on any atom is 0.236 e. The molecule has 0 saturated carbocycles. The summed E-state index contributed by atoms with van der Waals surface area (Å²) in [6, 6.07) is 0. The van der Waals surface area contributed by atoms with Gasteiger partial charge in [0.05, 0.1) is 19.8 Å². The number of aryl methyl sites for hydroxylation is 1. The highest BCUT2D eigenvalue weighted by Crippen LogP contribution is 2.43. The summed E-state index contributed by atoms with van der Waals surface area (Å²) in [6.45, 7) is 9.71. The van der Waals surface area contributed by atoms with Gasteiger partial charge >= 0.3 is 0 Å². The van der Waals surface area contributed by atoms with Gasteiger partial charge in [-0.15, -0.1) is 11.3 Å². The summed E-state index contributed by atoms with van der Waals surface area (Å²) in [5, 5.41) is 4.66. The van der Waals surface area contributed by atoms with Crippen molar-refractivity contribution in [3.05, 3.63) is 11.1 Å². The van der Waals surface area contributed by atoms with Crippen LogP contribution in [0.1, 0.15) is 37.3 Å². The lowest BCUT2D eigenvalue weighted by molar-refractivity contribution is 0.122. The van der Waals surface area contributed by atoms with Crippen LogP contribution in [0.15, 0.2) is 0 Å². The van der Waals surface area contributed by atoms with Crippen molar-refractivity contribution in [1.29, 1.82) is 0 Å². The van der Waals surface area contributed by atoms with Gasteiger partial charge in [-0.1, -0.05) is 6.42 Å². The third-order valence-corrected chi connectivity index (χ3v) is 8.02. The highest BCUT2D eigenvalue weighted by Gasteiger charge is 2.27. The van der Waals surface area contributed by atoms with Crippen LogP contribution in [-0.4, -0.2) is 74.0 Å². The molecule has 0 aromatic carbocycles. The number of fused-ring (bicyclic) bond motifs is 5. The molecular weight excluding hydrogens is 436 g/mol. The van der Waals surface area contributed by atoms with Crippen molar-refractivity contribution in [2.24, 2.45) is 0 Å². The van der Waals surface area contributed by atoms with E-state index in [0.29, 0.717) is 12.5 Å². The number of rotatable bonds is 4. The van der Waals surface area contributed by atoms with Gasteiger partial charge in [0.15, 0.2) is 0 Å². The minimum absolute atomic E-state index is 0.589. The molecule has 3 aromatic heterocycles. The van der Waals surface area contributed by atoms with Gasteiger partial charge in [0, 0.05) is 44.7 Å². The van der Waals surface area contributed by atoms with Crippen LogP contribution in [0.3, 0.4) is 0 Å². The Morgan fingerprint density at radius 1 is 0.939 bits per heavy atom. The van der Waals surface area contributed by atoms with Gasteiger partial charge in [0.2, 0.25) is 11.8 Å². The van der Waals surface area contributed by atoms with Crippen molar-refractivity contribution < 1.29 is 9.47 Å². The Morgan fingerprint density at radius 3 is 2.52 bits per heavy atom. The summed E-state index contributed by atoms with van der Waals surface area (Å²) in [5.74, 6) is 2.66. The van der Waals surface area contributed by atoms with E-state index in [4.69, 9.17) is 24.4 Å². The minimum atomic E-state index is 0.589. The molecule has 3 aliphatic rings. The van der Waals surface area contributed by atoms with Crippen LogP contribution in [0.25, 0.3) is 20.4 Å². The van der Waals surface area contributed by atoms with Crippen LogP contribution in [0.4, 0.5) is 11.8 Å². The van der Waals surface area contributed by atoms with Crippen LogP contribution in [0.5, 0.6) is 5.88 Å². The summed E-state index contributed by atoms with van der Waals surface area (Å²) in [4.78, 5) is 21.1. The lowest BCUT2D eigenvalue weighted by atomic mass is 9.99. The Kier molecular flexibility index (Phi) is 5.94. The van der Waals surface area contributed by atoms with E-state index in [2.05, 4.69) is 15.1 Å². The Morgan fingerprint density at radius 2 is 1.73 bits per heavy atom. The number of aromatic nitrogens is 3. The number of nitrogens with zero attached hydrogens (tertiary/aromatic N) is 5. The lowest BCUT2D eigenvalue weighted by Gasteiger charge is -2.30. The second-order valence-electron chi connectivity index (χ2n) is 9.01. The molecule has 0 amide bonds. The van der Waals surface area contributed by atoms with Crippen molar-refractivity contribution >= 4 is 43.5 Å². The lowest BCUT2D eigenvalue weighted by Crippen LogP contribution is -2.44. The molecule has 5 heterocycles. The number of morpholine rings is 1. The molecule has 176 valence electrons. The monoisotopic (exact) mass is 468 g/mol. The minimum Gasteiger partial charge on any atom is -0.477 e. The van der Waals surface area contributed by atoms with Crippen LogP contribution < -0.4 is 19.9 Å². The number of thiophene rings is 1. The van der Waals surface area contributed by atoms with Gasteiger partial charge in [-0.3, -0.25) is 0 Å². The summed E-state index contributed by atoms with van der Waals surface area (Å²) in [6.07, 6.45) is 5.90. The molecule has 9 heteroatoms. The third-order valence-electron chi connectivity index (χ3n) is 6.96. The van der Waals surface area contributed by atoms with Crippen LogP contribution in [-0.2, 0) is 17.6 Å². The van der Waals surface area contributed by atoms with Crippen molar-refractivity contribution in [2.45, 2.75) is 39.0 Å². The van der Waals surface area contributed by atoms with Crippen LogP contribution >= 0.6 is 11.3 Å². The van der Waals surface area contributed by atoms with Gasteiger partial charge in [0.25, 0.3) is 0 Å². The number of piperazine rings is 1. The predicted octanol–water partition coefficient (Wildman–Crippen LogP) is 3.15. The first-order valence-corrected chi connectivity index (χ1v) is 13.2. The fourth-order valence-corrected chi connectivity index (χ4v) is 6.41. The second-order valence-corrected chi connectivity index (χ2v) is 10.0. The molecular formula is C24H32N6O2S. The zero-order valence-corrected chi connectivity index (χ0v) is 20.2. The van der Waals surface area contributed by atoms with Gasteiger partial charge in [-0.25, -0.2) is 9.97 Å². The quantitative estimate of drug-likeness (QED) is 0.586. The van der Waals surface area contributed by atoms with Crippen molar-refractivity contribution in [3.8, 4) is 5.88 Å². The van der Waals surface area contributed by atoms with E-state index in [1.807, 2.05) is 6.92 Å². The van der Waals surface area contributed by atoms with Crippen molar-refractivity contribution in [3.63, 3.8) is 0 Å². The Hall–Kier alpha value is -2.23. The van der Waals surface area contributed by atoms with E-state index in [1.165, 1.54) is 41.6 Å². The first kappa shape index (κ1) is 21.3. The van der Waals surface area contributed by atoms with E-state index >= 15 is 0 Å². The average Bonchev–Trinajstić information content (AvgIpc) is 3.06. The zero-order valence-electron chi connectivity index (χ0n) is 19.4. The summed E-state index contributed by atoms with van der Waals surface area (Å²) >= 11 is 1.69. The highest BCUT2D eigenvalue weighted by atomic mass is 32.1. The molecule has 1 N–H and O–H groups in total. The highest BCUT2D eigenvalue weighted by molar-refractivity contribution is 7.25. The van der Waals surface area contributed by atoms with Gasteiger partial charge in [0.1, 0.15) is 20.9 Å². The molecule has 0 bridgehead atoms. The molecule has 2 aliphatic heterocycles. The molecule has 8 nitrogen and oxygen atoms in total. The molecule has 0 unspecified atom stereocenters. The third kappa shape index (κ3) is 3.90. The van der Waals surface area contributed by atoms with E-state index in [9.17, 15) is 0 Å². The summed E-state index contributed by atoms with van der Waals surface area (Å²) in [5.41, 5.74) is 3.92. The smallest absolute Gasteiger partial charge is 0.236 e. The number of nitrogens with one attached hydrogen (secondary N) is 1. The number of ether oxygens (including phenoxy) is 2. The Labute approximate surface area is 198 Å².